The van der Waals surface area contributed by atoms with Crippen LogP contribution in [0.2, 0.25) is 0 Å². The summed E-state index contributed by atoms with van der Waals surface area (Å²) in [4.78, 5) is 39.2. The molecule has 1 aliphatic heterocycles. The van der Waals surface area contributed by atoms with E-state index in [2.05, 4.69) is 25.3 Å². The van der Waals surface area contributed by atoms with Gasteiger partial charge in [0.25, 0.3) is 5.91 Å². The predicted molar refractivity (Wildman–Crippen MR) is 158 cm³/mol. The summed E-state index contributed by atoms with van der Waals surface area (Å²) in [5.41, 5.74) is 1.80. The topological polar surface area (TPSA) is 123 Å². The number of hydrogen-bond donors (Lipinski definition) is 1. The molecule has 0 saturated carbocycles. The predicted octanol–water partition coefficient (Wildman–Crippen LogP) is 3.60. The number of carbonyl (C=O) groups excluding carboxylic acids is 2. The van der Waals surface area contributed by atoms with Gasteiger partial charge < -0.3 is 15.0 Å². The van der Waals surface area contributed by atoms with Crippen molar-refractivity contribution in [3.05, 3.63) is 47.4 Å². The maximum atomic E-state index is 14.7. The number of fused-ring (bicyclic) bond motifs is 2. The summed E-state index contributed by atoms with van der Waals surface area (Å²) >= 11 is 0. The van der Waals surface area contributed by atoms with Crippen LogP contribution in [0.25, 0.3) is 16.7 Å². The highest BCUT2D eigenvalue weighted by Crippen LogP contribution is 2.32. The van der Waals surface area contributed by atoms with Crippen molar-refractivity contribution in [1.82, 2.24) is 30.0 Å². The van der Waals surface area contributed by atoms with Crippen molar-refractivity contribution in [3.8, 4) is 0 Å². The second-order valence-corrected chi connectivity index (χ2v) is 13.2. The van der Waals surface area contributed by atoms with Crippen LogP contribution in [-0.2, 0) is 29.0 Å². The van der Waals surface area contributed by atoms with Gasteiger partial charge in [0.1, 0.15) is 17.1 Å². The normalized spacial score (nSPS) is 21.5. The van der Waals surface area contributed by atoms with Crippen LogP contribution >= 0.6 is 0 Å². The molecule has 4 atom stereocenters. The van der Waals surface area contributed by atoms with Gasteiger partial charge in [-0.05, 0) is 52.8 Å². The highest BCUT2D eigenvalue weighted by molar-refractivity contribution is 7.84. The maximum Gasteiger partial charge on any atom is 0.410 e. The number of aromatic nitrogens is 4. The molecule has 1 aliphatic carbocycles. The molecule has 2 unspecified atom stereocenters. The number of amides is 2. The Balaban J connectivity index is 1.45. The molecule has 2 amide bonds. The van der Waals surface area contributed by atoms with Crippen molar-refractivity contribution in [2.45, 2.75) is 69.9 Å². The van der Waals surface area contributed by atoms with E-state index in [0.717, 1.165) is 5.69 Å². The number of halogens is 1. The quantitative estimate of drug-likeness (QED) is 0.453. The zero-order valence-corrected chi connectivity index (χ0v) is 25.7. The number of nitrogens with zero attached hydrogens (tertiary/aromatic N) is 6. The van der Waals surface area contributed by atoms with E-state index in [9.17, 15) is 18.2 Å². The first-order valence-corrected chi connectivity index (χ1v) is 15.4. The fraction of sp³-hybridized carbons (Fsp3) is 0.483. The Morgan fingerprint density at radius 2 is 1.86 bits per heavy atom. The lowest BCUT2D eigenvalue weighted by Gasteiger charge is -2.45. The molecular formula is C29H36FN7O4S. The molecule has 2 aliphatic rings. The summed E-state index contributed by atoms with van der Waals surface area (Å²) in [7, 11) is 0.248. The van der Waals surface area contributed by atoms with Gasteiger partial charge in [-0.2, -0.15) is 5.10 Å². The standard InChI is InChI=1S/C29H36FN7O4S/c1-16-13-36(14-17(2)37(16)28(39)41-29(3,4)5)23-9-8-20(25-21(23)12-31-27(33-25)42(7)40)26(38)32-19-10-18-15-35(6)34-24(18)22(30)11-19/h8-9,11-12,15-17,19H,10,13-14H2,1-7H3,(H,32,38)/t16-,17+,19?,42?. The number of aryl methyl sites for hydroxylation is 1. The summed E-state index contributed by atoms with van der Waals surface area (Å²) in [5.74, 6) is -0.918. The highest BCUT2D eigenvalue weighted by atomic mass is 32.2. The van der Waals surface area contributed by atoms with E-state index in [0.29, 0.717) is 36.0 Å². The van der Waals surface area contributed by atoms with E-state index < -0.39 is 34.2 Å². The molecule has 1 aromatic carbocycles. The zero-order chi connectivity index (χ0) is 30.5. The van der Waals surface area contributed by atoms with Gasteiger partial charge in [0.15, 0.2) is 0 Å². The number of anilines is 1. The average Bonchev–Trinajstić information content (AvgIpc) is 3.26. The van der Waals surface area contributed by atoms with E-state index in [1.54, 1.807) is 35.1 Å². The molecule has 1 N–H and O–H groups in total. The van der Waals surface area contributed by atoms with Gasteiger partial charge in [0.05, 0.1) is 40.0 Å². The number of ether oxygens (including phenoxy) is 1. The SMILES string of the molecule is C[C@@H]1CN(c2ccc(C(=O)NC3C=C(F)c4nn(C)cc4C3)c3nc(S(C)=O)ncc23)C[C@H](C)N1C(=O)OC(C)(C)C. The summed E-state index contributed by atoms with van der Waals surface area (Å²) in [5, 5.41) is 7.77. The molecule has 2 aromatic heterocycles. The van der Waals surface area contributed by atoms with Gasteiger partial charge in [-0.1, -0.05) is 0 Å². The van der Waals surface area contributed by atoms with Crippen molar-refractivity contribution >= 4 is 45.2 Å². The lowest BCUT2D eigenvalue weighted by molar-refractivity contribution is 0.00566. The Labute approximate surface area is 246 Å². The lowest BCUT2D eigenvalue weighted by Crippen LogP contribution is -2.59. The molecule has 1 saturated heterocycles. The van der Waals surface area contributed by atoms with Gasteiger partial charge in [-0.25, -0.2) is 19.2 Å². The van der Waals surface area contributed by atoms with Crippen LogP contribution < -0.4 is 10.2 Å². The van der Waals surface area contributed by atoms with Gasteiger partial charge in [-0.3, -0.25) is 18.6 Å². The zero-order valence-electron chi connectivity index (χ0n) is 24.8. The average molecular weight is 598 g/mol. The molecule has 11 nitrogen and oxygen atoms in total. The highest BCUT2D eigenvalue weighted by Gasteiger charge is 2.36. The van der Waals surface area contributed by atoms with E-state index in [1.165, 1.54) is 12.3 Å². The molecule has 42 heavy (non-hydrogen) atoms. The molecule has 3 heterocycles. The number of hydrogen-bond acceptors (Lipinski definition) is 8. The van der Waals surface area contributed by atoms with E-state index >= 15 is 0 Å². The monoisotopic (exact) mass is 597 g/mol. The molecule has 0 bridgehead atoms. The molecule has 3 aromatic rings. The summed E-state index contributed by atoms with van der Waals surface area (Å²) in [6.07, 6.45) is 6.21. The first kappa shape index (κ1) is 29.6. The first-order chi connectivity index (χ1) is 19.7. The Kier molecular flexibility index (Phi) is 7.82. The van der Waals surface area contributed by atoms with Gasteiger partial charge in [0.2, 0.25) is 5.16 Å². The molecular weight excluding hydrogens is 561 g/mol. The number of rotatable bonds is 4. The van der Waals surface area contributed by atoms with Crippen molar-refractivity contribution in [1.29, 1.82) is 0 Å². The van der Waals surface area contributed by atoms with Crippen LogP contribution in [0, 0.1) is 0 Å². The minimum Gasteiger partial charge on any atom is -0.444 e. The third-order valence-corrected chi connectivity index (χ3v) is 8.02. The Hall–Kier alpha value is -3.87. The van der Waals surface area contributed by atoms with Crippen LogP contribution in [0.1, 0.15) is 56.2 Å². The van der Waals surface area contributed by atoms with E-state index in [-0.39, 0.29) is 34.6 Å². The molecule has 224 valence electrons. The number of piperazine rings is 1. The first-order valence-electron chi connectivity index (χ1n) is 13.8. The van der Waals surface area contributed by atoms with Crippen molar-refractivity contribution in [2.24, 2.45) is 7.05 Å². The van der Waals surface area contributed by atoms with Crippen molar-refractivity contribution in [3.63, 3.8) is 0 Å². The van der Waals surface area contributed by atoms with Crippen molar-refractivity contribution < 1.29 is 22.9 Å². The Morgan fingerprint density at radius 1 is 1.17 bits per heavy atom. The lowest BCUT2D eigenvalue weighted by atomic mass is 9.98. The number of nitrogens with one attached hydrogen (secondary N) is 1. The fourth-order valence-electron chi connectivity index (χ4n) is 5.66. The Bertz CT molecular complexity index is 1600. The Morgan fingerprint density at radius 3 is 2.50 bits per heavy atom. The minimum absolute atomic E-state index is 0.105. The van der Waals surface area contributed by atoms with Crippen molar-refractivity contribution in [2.75, 3.05) is 24.2 Å². The number of benzene rings is 1. The van der Waals surface area contributed by atoms with Gasteiger partial charge in [0, 0.05) is 61.8 Å². The van der Waals surface area contributed by atoms with Crippen LogP contribution in [0.5, 0.6) is 0 Å². The fourth-order valence-corrected chi connectivity index (χ4v) is 6.08. The third-order valence-electron chi connectivity index (χ3n) is 7.31. The molecule has 0 radical (unpaired) electrons. The molecule has 1 fully saturated rings. The summed E-state index contributed by atoms with van der Waals surface area (Å²) < 4.78 is 34.2. The second-order valence-electron chi connectivity index (χ2n) is 12.0. The van der Waals surface area contributed by atoms with Crippen LogP contribution in [-0.4, -0.2) is 83.9 Å². The summed E-state index contributed by atoms with van der Waals surface area (Å²) in [6.45, 7) is 10.5. The largest absolute Gasteiger partial charge is 0.444 e. The smallest absolute Gasteiger partial charge is 0.410 e. The second kappa shape index (κ2) is 11.1. The minimum atomic E-state index is -1.48. The van der Waals surface area contributed by atoms with Gasteiger partial charge >= 0.3 is 6.09 Å². The summed E-state index contributed by atoms with van der Waals surface area (Å²) in [6, 6.07) is 2.62. The third kappa shape index (κ3) is 5.87. The van der Waals surface area contributed by atoms with E-state index in [4.69, 9.17) is 4.74 Å². The van der Waals surface area contributed by atoms with Crippen LogP contribution in [0.15, 0.2) is 35.8 Å². The maximum absolute atomic E-state index is 14.7. The van der Waals surface area contributed by atoms with Gasteiger partial charge in [-0.15, -0.1) is 0 Å². The molecule has 0 spiro atoms. The molecule has 5 rings (SSSR count). The molecule has 13 heteroatoms. The van der Waals surface area contributed by atoms with Crippen LogP contribution in [0.4, 0.5) is 14.9 Å². The van der Waals surface area contributed by atoms with E-state index in [1.807, 2.05) is 40.7 Å². The number of carbonyl (C=O) groups is 2. The van der Waals surface area contributed by atoms with Crippen LogP contribution in [0.3, 0.4) is 0 Å².